The van der Waals surface area contributed by atoms with Crippen molar-refractivity contribution in [1.29, 1.82) is 0 Å². The lowest BCUT2D eigenvalue weighted by Gasteiger charge is -2.23. The monoisotopic (exact) mass is 474 g/mol. The van der Waals surface area contributed by atoms with Crippen LogP contribution in [0.5, 0.6) is 0 Å². The minimum atomic E-state index is -3.94. The smallest absolute Gasteiger partial charge is 0.171 e. The second-order valence-corrected chi connectivity index (χ2v) is 11.0. The Labute approximate surface area is 192 Å². The summed E-state index contributed by atoms with van der Waals surface area (Å²) in [7, 11) is -3.94. The average Bonchev–Trinajstić information content (AvgIpc) is 2.85. The molecule has 166 valence electrons. The van der Waals surface area contributed by atoms with Crippen LogP contribution in [-0.2, 0) is 4.57 Å². The van der Waals surface area contributed by atoms with Gasteiger partial charge < -0.3 is 4.57 Å². The van der Waals surface area contributed by atoms with Crippen molar-refractivity contribution in [3.63, 3.8) is 0 Å². The maximum atomic E-state index is 14.9. The average molecular weight is 474 g/mol. The molecule has 34 heavy (non-hydrogen) atoms. The first-order valence-corrected chi connectivity index (χ1v) is 12.3. The van der Waals surface area contributed by atoms with Crippen molar-refractivity contribution in [2.24, 2.45) is 0 Å². The van der Waals surface area contributed by atoms with Crippen LogP contribution in [0.25, 0.3) is 32.3 Å². The highest BCUT2D eigenvalue weighted by molar-refractivity contribution is 7.85. The zero-order chi connectivity index (χ0) is 23.6. The van der Waals surface area contributed by atoms with Gasteiger partial charge in [-0.05, 0) is 74.8 Å². The number of hydrogen-bond acceptors (Lipinski definition) is 1. The molecule has 0 saturated heterocycles. The Hall–Kier alpha value is -3.69. The van der Waals surface area contributed by atoms with Crippen molar-refractivity contribution < 1.29 is 22.1 Å². The maximum absolute atomic E-state index is 14.9. The number of hydrogen-bond donors (Lipinski definition) is 0. The van der Waals surface area contributed by atoms with Gasteiger partial charge >= 0.3 is 0 Å². The molecular formula is C28H15F4OP. The van der Waals surface area contributed by atoms with Crippen LogP contribution in [0.3, 0.4) is 0 Å². The van der Waals surface area contributed by atoms with E-state index >= 15 is 0 Å². The quantitative estimate of drug-likeness (QED) is 0.157. The molecule has 0 aromatic heterocycles. The normalized spacial score (nSPS) is 12.2. The molecule has 0 unspecified atom stereocenters. The van der Waals surface area contributed by atoms with Crippen LogP contribution in [0.1, 0.15) is 0 Å². The van der Waals surface area contributed by atoms with E-state index in [1.807, 2.05) is 48.5 Å². The summed E-state index contributed by atoms with van der Waals surface area (Å²) in [5.41, 5.74) is 0. The van der Waals surface area contributed by atoms with Crippen molar-refractivity contribution in [3.8, 4) is 0 Å². The van der Waals surface area contributed by atoms with E-state index in [9.17, 15) is 22.1 Å². The van der Waals surface area contributed by atoms with Gasteiger partial charge in [0.1, 0.15) is 0 Å². The molecule has 0 radical (unpaired) electrons. The summed E-state index contributed by atoms with van der Waals surface area (Å²) < 4.78 is 71.0. The van der Waals surface area contributed by atoms with Gasteiger partial charge in [0.05, 0.1) is 0 Å². The van der Waals surface area contributed by atoms with E-state index < -0.39 is 30.4 Å². The van der Waals surface area contributed by atoms with Crippen LogP contribution in [-0.4, -0.2) is 0 Å². The van der Waals surface area contributed by atoms with Crippen molar-refractivity contribution in [2.45, 2.75) is 0 Å². The first-order chi connectivity index (χ1) is 16.4. The molecule has 0 bridgehead atoms. The Morgan fingerprint density at radius 3 is 1.56 bits per heavy atom. The van der Waals surface area contributed by atoms with Crippen LogP contribution >= 0.6 is 7.14 Å². The molecular weight excluding hydrogens is 459 g/mol. The van der Waals surface area contributed by atoms with Gasteiger partial charge in [-0.25, -0.2) is 17.6 Å². The molecule has 0 aliphatic rings. The van der Waals surface area contributed by atoms with Crippen molar-refractivity contribution in [3.05, 3.63) is 114 Å². The van der Waals surface area contributed by atoms with Gasteiger partial charge in [0.25, 0.3) is 0 Å². The first kappa shape index (κ1) is 20.9. The highest BCUT2D eigenvalue weighted by Gasteiger charge is 2.33. The van der Waals surface area contributed by atoms with E-state index in [1.54, 1.807) is 6.07 Å². The molecule has 0 spiro atoms. The summed E-state index contributed by atoms with van der Waals surface area (Å²) in [5, 5.41) is 5.77. The summed E-state index contributed by atoms with van der Waals surface area (Å²) in [6, 6.07) is 23.1. The number of halogens is 4. The molecule has 0 heterocycles. The third kappa shape index (κ3) is 2.90. The molecule has 0 atom stereocenters. The SMILES string of the molecule is O=P(c1ccc(F)c(F)c1)(c1ccc(F)c(F)c1)c1ccc2ccc3cccc4ccc1c2c34. The van der Waals surface area contributed by atoms with E-state index in [1.165, 1.54) is 12.1 Å². The van der Waals surface area contributed by atoms with Gasteiger partial charge in [0.2, 0.25) is 0 Å². The van der Waals surface area contributed by atoms with E-state index in [0.717, 1.165) is 51.2 Å². The zero-order valence-corrected chi connectivity index (χ0v) is 18.4. The predicted molar refractivity (Wildman–Crippen MR) is 129 cm³/mol. The fraction of sp³-hybridized carbons (Fsp3) is 0. The van der Waals surface area contributed by atoms with Crippen molar-refractivity contribution >= 4 is 55.4 Å². The summed E-state index contributed by atoms with van der Waals surface area (Å²) >= 11 is 0. The van der Waals surface area contributed by atoms with Gasteiger partial charge in [-0.3, -0.25) is 0 Å². The summed E-state index contributed by atoms with van der Waals surface area (Å²) in [6.45, 7) is 0. The highest BCUT2D eigenvalue weighted by atomic mass is 31.2. The van der Waals surface area contributed by atoms with Gasteiger partial charge in [-0.2, -0.15) is 0 Å². The van der Waals surface area contributed by atoms with Crippen molar-refractivity contribution in [1.82, 2.24) is 0 Å². The van der Waals surface area contributed by atoms with Crippen LogP contribution in [0, 0.1) is 23.3 Å². The Bertz CT molecular complexity index is 1720. The minimum Gasteiger partial charge on any atom is -0.309 e. The third-order valence-corrected chi connectivity index (χ3v) is 9.46. The van der Waals surface area contributed by atoms with E-state index in [4.69, 9.17) is 0 Å². The summed E-state index contributed by atoms with van der Waals surface area (Å²) in [6.07, 6.45) is 0. The van der Waals surface area contributed by atoms with E-state index in [-0.39, 0.29) is 10.6 Å². The second kappa shape index (κ2) is 7.41. The Balaban J connectivity index is 1.77. The zero-order valence-electron chi connectivity index (χ0n) is 17.5. The summed E-state index contributed by atoms with van der Waals surface area (Å²) in [4.78, 5) is 0. The van der Waals surface area contributed by atoms with Gasteiger partial charge in [-0.15, -0.1) is 0 Å². The molecule has 6 aromatic rings. The maximum Gasteiger partial charge on any atom is 0.171 e. The van der Waals surface area contributed by atoms with Crippen molar-refractivity contribution in [2.75, 3.05) is 0 Å². The number of rotatable bonds is 3. The minimum absolute atomic E-state index is 0.00700. The fourth-order valence-electron chi connectivity index (χ4n) is 4.78. The molecule has 0 saturated carbocycles. The first-order valence-electron chi connectivity index (χ1n) is 10.6. The Morgan fingerprint density at radius 2 is 1.00 bits per heavy atom. The largest absolute Gasteiger partial charge is 0.309 e. The van der Waals surface area contributed by atoms with E-state index in [0.29, 0.717) is 10.7 Å². The summed E-state index contributed by atoms with van der Waals surface area (Å²) in [5.74, 6) is -4.51. The molecule has 0 aliphatic carbocycles. The molecule has 6 heteroatoms. The molecule has 0 amide bonds. The number of benzene rings is 6. The Morgan fingerprint density at radius 1 is 0.500 bits per heavy atom. The highest BCUT2D eigenvalue weighted by Crippen LogP contribution is 2.46. The lowest BCUT2D eigenvalue weighted by Crippen LogP contribution is -2.26. The predicted octanol–water partition coefficient (Wildman–Crippen LogP) is 6.78. The molecule has 0 aliphatic heterocycles. The van der Waals surface area contributed by atoms with Crippen LogP contribution in [0.4, 0.5) is 17.6 Å². The molecule has 6 aromatic carbocycles. The van der Waals surface area contributed by atoms with Gasteiger partial charge in [0, 0.05) is 15.9 Å². The standard InChI is InChI=1S/C28H15F4OP/c29-22-11-8-19(14-24(22)31)34(33,20-9-12-23(30)25(32)15-20)26-13-7-18-5-4-16-2-1-3-17-6-10-21(26)28(18)27(16)17/h1-15H. The van der Waals surface area contributed by atoms with Crippen LogP contribution in [0.2, 0.25) is 0 Å². The molecule has 1 nitrogen and oxygen atoms in total. The topological polar surface area (TPSA) is 17.1 Å². The van der Waals surface area contributed by atoms with Gasteiger partial charge in [-0.1, -0.05) is 48.5 Å². The lowest BCUT2D eigenvalue weighted by atomic mass is 9.94. The Kier molecular flexibility index (Phi) is 4.55. The third-order valence-electron chi connectivity index (χ3n) is 6.38. The van der Waals surface area contributed by atoms with Crippen LogP contribution in [0.15, 0.2) is 91.0 Å². The van der Waals surface area contributed by atoms with Crippen LogP contribution < -0.4 is 15.9 Å². The molecule has 6 rings (SSSR count). The molecule has 0 N–H and O–H groups in total. The fourth-order valence-corrected chi connectivity index (χ4v) is 7.61. The second-order valence-electron chi connectivity index (χ2n) is 8.25. The van der Waals surface area contributed by atoms with Gasteiger partial charge in [0.15, 0.2) is 30.4 Å². The van der Waals surface area contributed by atoms with E-state index in [2.05, 4.69) is 0 Å². The lowest BCUT2D eigenvalue weighted by molar-refractivity contribution is 0.509. The molecule has 0 fully saturated rings.